The van der Waals surface area contributed by atoms with Gasteiger partial charge >= 0.3 is 0 Å². The molecule has 0 unspecified atom stereocenters. The summed E-state index contributed by atoms with van der Waals surface area (Å²) in [6.45, 7) is 0. The number of hydrogen-bond donors (Lipinski definition) is 1. The summed E-state index contributed by atoms with van der Waals surface area (Å²) in [5.74, 6) is -0.154. The van der Waals surface area contributed by atoms with Crippen molar-refractivity contribution in [3.05, 3.63) is 74.8 Å². The van der Waals surface area contributed by atoms with Crippen molar-refractivity contribution < 1.29 is 4.79 Å². The molecular weight excluding hydrogens is 397 g/mol. The predicted molar refractivity (Wildman–Crippen MR) is 96.1 cm³/mol. The third-order valence-corrected chi connectivity index (χ3v) is 4.39. The van der Waals surface area contributed by atoms with E-state index >= 15 is 0 Å². The zero-order valence-electron chi connectivity index (χ0n) is 10.9. The van der Waals surface area contributed by atoms with Crippen LogP contribution in [0.2, 0.25) is 5.02 Å². The van der Waals surface area contributed by atoms with Crippen LogP contribution >= 0.6 is 34.2 Å². The molecule has 0 fully saturated rings. The van der Waals surface area contributed by atoms with Crippen LogP contribution in [-0.4, -0.2) is 5.91 Å². The van der Waals surface area contributed by atoms with E-state index in [0.717, 1.165) is 20.0 Å². The number of hydrogen-bond acceptors (Lipinski definition) is 1. The number of amides is 1. The Morgan fingerprint density at radius 1 is 1.00 bits per heavy atom. The highest BCUT2D eigenvalue weighted by Crippen LogP contribution is 2.25. The van der Waals surface area contributed by atoms with E-state index in [4.69, 9.17) is 11.6 Å². The van der Waals surface area contributed by atoms with Gasteiger partial charge in [-0.3, -0.25) is 4.79 Å². The van der Waals surface area contributed by atoms with Crippen molar-refractivity contribution >= 4 is 56.6 Å². The Kier molecular flexibility index (Phi) is 4.12. The Balaban J connectivity index is 1.99. The van der Waals surface area contributed by atoms with Gasteiger partial charge in [0, 0.05) is 19.7 Å². The van der Waals surface area contributed by atoms with Crippen LogP contribution in [0.25, 0.3) is 10.8 Å². The minimum atomic E-state index is -0.154. The molecule has 0 aliphatic rings. The van der Waals surface area contributed by atoms with Gasteiger partial charge in [-0.15, -0.1) is 0 Å². The Labute approximate surface area is 141 Å². The highest BCUT2D eigenvalue weighted by atomic mass is 127. The van der Waals surface area contributed by atoms with E-state index in [0.29, 0.717) is 10.6 Å². The number of carbonyl (C=O) groups excluding carboxylic acids is 1. The molecule has 1 N–H and O–H groups in total. The van der Waals surface area contributed by atoms with Gasteiger partial charge < -0.3 is 5.32 Å². The molecule has 0 heterocycles. The van der Waals surface area contributed by atoms with Crippen LogP contribution in [-0.2, 0) is 0 Å². The van der Waals surface area contributed by atoms with Crippen LogP contribution in [0.5, 0.6) is 0 Å². The first kappa shape index (κ1) is 14.4. The maximum absolute atomic E-state index is 12.5. The number of halogens is 2. The topological polar surface area (TPSA) is 29.1 Å². The van der Waals surface area contributed by atoms with Crippen molar-refractivity contribution in [1.29, 1.82) is 0 Å². The quantitative estimate of drug-likeness (QED) is 0.570. The molecule has 0 aliphatic carbocycles. The number of fused-ring (bicyclic) bond motifs is 1. The lowest BCUT2D eigenvalue weighted by molar-refractivity contribution is 0.102. The third kappa shape index (κ3) is 3.04. The Bertz CT molecular complexity index is 827. The summed E-state index contributed by atoms with van der Waals surface area (Å²) in [6.07, 6.45) is 0. The van der Waals surface area contributed by atoms with Crippen LogP contribution in [0.4, 0.5) is 5.69 Å². The molecule has 0 saturated heterocycles. The lowest BCUT2D eigenvalue weighted by atomic mass is 10.1. The first-order valence-electron chi connectivity index (χ1n) is 6.39. The molecule has 104 valence electrons. The predicted octanol–water partition coefficient (Wildman–Crippen LogP) is 5.35. The fourth-order valence-electron chi connectivity index (χ4n) is 2.20. The summed E-state index contributed by atoms with van der Waals surface area (Å²) in [5, 5.41) is 5.63. The van der Waals surface area contributed by atoms with Crippen LogP contribution in [0, 0.1) is 3.57 Å². The highest BCUT2D eigenvalue weighted by Gasteiger charge is 2.12. The first-order valence-corrected chi connectivity index (χ1v) is 7.85. The van der Waals surface area contributed by atoms with Gasteiger partial charge in [-0.2, -0.15) is 0 Å². The van der Waals surface area contributed by atoms with E-state index in [1.807, 2.05) is 48.5 Å². The molecule has 4 heteroatoms. The standard InChI is InChI=1S/C17H11ClINO/c18-12-8-9-15(19)14(10-12)17(21)20-16-7-3-5-11-4-1-2-6-13(11)16/h1-10H,(H,20,21). The zero-order chi connectivity index (χ0) is 14.8. The third-order valence-electron chi connectivity index (χ3n) is 3.21. The van der Waals surface area contributed by atoms with Crippen LogP contribution in [0.3, 0.4) is 0 Å². The second-order valence-electron chi connectivity index (χ2n) is 4.61. The van der Waals surface area contributed by atoms with Crippen LogP contribution in [0.1, 0.15) is 10.4 Å². The SMILES string of the molecule is O=C(Nc1cccc2ccccc12)c1cc(Cl)ccc1I. The minimum Gasteiger partial charge on any atom is -0.321 e. The molecule has 21 heavy (non-hydrogen) atoms. The highest BCUT2D eigenvalue weighted by molar-refractivity contribution is 14.1. The van der Waals surface area contributed by atoms with Gasteiger partial charge in [0.05, 0.1) is 5.56 Å². The van der Waals surface area contributed by atoms with Gasteiger partial charge in [0.1, 0.15) is 0 Å². The molecule has 2 nitrogen and oxygen atoms in total. The van der Waals surface area contributed by atoms with Gasteiger partial charge in [0.2, 0.25) is 0 Å². The van der Waals surface area contributed by atoms with Gasteiger partial charge in [0.25, 0.3) is 5.91 Å². The molecular formula is C17H11ClINO. The van der Waals surface area contributed by atoms with Crippen molar-refractivity contribution in [1.82, 2.24) is 0 Å². The molecule has 0 atom stereocenters. The summed E-state index contributed by atoms with van der Waals surface area (Å²) >= 11 is 8.11. The van der Waals surface area contributed by atoms with E-state index in [1.54, 1.807) is 12.1 Å². The summed E-state index contributed by atoms with van der Waals surface area (Å²) in [6, 6.07) is 19.1. The molecule has 3 aromatic carbocycles. The molecule has 0 aliphatic heterocycles. The maximum Gasteiger partial charge on any atom is 0.256 e. The molecule has 0 saturated carbocycles. The van der Waals surface area contributed by atoms with E-state index < -0.39 is 0 Å². The second-order valence-corrected chi connectivity index (χ2v) is 6.20. The second kappa shape index (κ2) is 6.03. The molecule has 0 radical (unpaired) electrons. The summed E-state index contributed by atoms with van der Waals surface area (Å²) in [4.78, 5) is 12.5. The fraction of sp³-hybridized carbons (Fsp3) is 0. The van der Waals surface area contributed by atoms with Crippen molar-refractivity contribution in [3.63, 3.8) is 0 Å². The lowest BCUT2D eigenvalue weighted by Gasteiger charge is -2.10. The molecule has 3 aromatic rings. The minimum absolute atomic E-state index is 0.154. The van der Waals surface area contributed by atoms with Gasteiger partial charge in [-0.1, -0.05) is 48.0 Å². The monoisotopic (exact) mass is 407 g/mol. The van der Waals surface area contributed by atoms with Gasteiger partial charge in [-0.05, 0) is 52.2 Å². The number of rotatable bonds is 2. The molecule has 0 bridgehead atoms. The maximum atomic E-state index is 12.5. The van der Waals surface area contributed by atoms with Gasteiger partial charge in [0.15, 0.2) is 0 Å². The summed E-state index contributed by atoms with van der Waals surface area (Å²) in [7, 11) is 0. The van der Waals surface area contributed by atoms with Crippen molar-refractivity contribution in [2.75, 3.05) is 5.32 Å². The average molecular weight is 408 g/mol. The van der Waals surface area contributed by atoms with Crippen molar-refractivity contribution in [2.45, 2.75) is 0 Å². The molecule has 1 amide bonds. The van der Waals surface area contributed by atoms with E-state index in [9.17, 15) is 4.79 Å². The van der Waals surface area contributed by atoms with Crippen molar-refractivity contribution in [3.8, 4) is 0 Å². The lowest BCUT2D eigenvalue weighted by Crippen LogP contribution is -2.13. The molecule has 0 spiro atoms. The Morgan fingerprint density at radius 3 is 2.62 bits per heavy atom. The van der Waals surface area contributed by atoms with E-state index in [-0.39, 0.29) is 5.91 Å². The largest absolute Gasteiger partial charge is 0.321 e. The van der Waals surface area contributed by atoms with Crippen LogP contribution in [0.15, 0.2) is 60.7 Å². The summed E-state index contributed by atoms with van der Waals surface area (Å²) in [5.41, 5.74) is 1.38. The number of benzene rings is 3. The van der Waals surface area contributed by atoms with Crippen molar-refractivity contribution in [2.24, 2.45) is 0 Å². The van der Waals surface area contributed by atoms with E-state index in [1.165, 1.54) is 0 Å². The Hall–Kier alpha value is -1.59. The molecule has 0 aromatic heterocycles. The summed E-state index contributed by atoms with van der Waals surface area (Å²) < 4.78 is 0.870. The fourth-order valence-corrected chi connectivity index (χ4v) is 2.95. The molecule has 3 rings (SSSR count). The smallest absolute Gasteiger partial charge is 0.256 e. The number of anilines is 1. The number of carbonyl (C=O) groups is 1. The average Bonchev–Trinajstić information content (AvgIpc) is 2.50. The Morgan fingerprint density at radius 2 is 1.76 bits per heavy atom. The number of nitrogens with one attached hydrogen (secondary N) is 1. The normalized spacial score (nSPS) is 10.6. The van der Waals surface area contributed by atoms with E-state index in [2.05, 4.69) is 27.9 Å². The van der Waals surface area contributed by atoms with Gasteiger partial charge in [-0.25, -0.2) is 0 Å². The van der Waals surface area contributed by atoms with Crippen LogP contribution < -0.4 is 5.32 Å². The first-order chi connectivity index (χ1) is 10.1. The zero-order valence-corrected chi connectivity index (χ0v) is 13.9.